The van der Waals surface area contributed by atoms with Gasteiger partial charge in [-0.3, -0.25) is 4.79 Å². The Morgan fingerprint density at radius 1 is 1.26 bits per heavy atom. The standard InChI is InChI=1S/C21H24ClNO3.C5H5NOS/c1-2-25-18-6-3-14(4-7-18)9-16-10-15(5-8-20(16)22)21-12-17(24)11-19(13-23)26-21;6-5(7)4-1-2-8-3-4/h3-8,10,13,17,19,21,23-24H,2,9,11-12H2,1H3;1-3H,(H2,6,7)/t17-,19-,21+;/m0./s1. The van der Waals surface area contributed by atoms with E-state index < -0.39 is 6.10 Å². The number of carbonyl (C=O) groups excluding carboxylic acids is 1. The molecule has 0 aliphatic carbocycles. The lowest BCUT2D eigenvalue weighted by atomic mass is 9.94. The van der Waals surface area contributed by atoms with Gasteiger partial charge in [0.2, 0.25) is 5.91 Å². The number of hydrogen-bond donors (Lipinski definition) is 3. The number of nitrogens with one attached hydrogen (secondary N) is 1. The van der Waals surface area contributed by atoms with Crippen LogP contribution in [0, 0.1) is 5.41 Å². The number of primary amides is 1. The van der Waals surface area contributed by atoms with E-state index >= 15 is 0 Å². The first-order chi connectivity index (χ1) is 16.4. The highest BCUT2D eigenvalue weighted by atomic mass is 35.5. The Bertz CT molecular complexity index is 1070. The van der Waals surface area contributed by atoms with Gasteiger partial charge in [-0.2, -0.15) is 11.3 Å². The van der Waals surface area contributed by atoms with E-state index in [1.807, 2.05) is 54.8 Å². The van der Waals surface area contributed by atoms with Crippen molar-refractivity contribution >= 4 is 35.1 Å². The maximum atomic E-state index is 10.3. The molecule has 1 fully saturated rings. The number of halogens is 1. The molecule has 0 radical (unpaired) electrons. The molecule has 1 saturated heterocycles. The van der Waals surface area contributed by atoms with Gasteiger partial charge in [0.1, 0.15) is 5.75 Å². The molecule has 2 aromatic carbocycles. The largest absolute Gasteiger partial charge is 0.494 e. The van der Waals surface area contributed by atoms with Crippen molar-refractivity contribution in [2.24, 2.45) is 5.73 Å². The van der Waals surface area contributed by atoms with Crippen molar-refractivity contribution in [1.29, 1.82) is 5.41 Å². The summed E-state index contributed by atoms with van der Waals surface area (Å²) in [5, 5.41) is 21.7. The summed E-state index contributed by atoms with van der Waals surface area (Å²) in [6.07, 6.45) is 1.97. The lowest BCUT2D eigenvalue weighted by Gasteiger charge is -2.31. The quantitative estimate of drug-likeness (QED) is 0.377. The zero-order valence-electron chi connectivity index (χ0n) is 18.9. The Balaban J connectivity index is 0.000000343. The van der Waals surface area contributed by atoms with E-state index in [0.717, 1.165) is 22.4 Å². The number of carbonyl (C=O) groups is 1. The second-order valence-electron chi connectivity index (χ2n) is 7.94. The summed E-state index contributed by atoms with van der Waals surface area (Å²) < 4.78 is 11.4. The third kappa shape index (κ3) is 7.40. The van der Waals surface area contributed by atoms with Crippen molar-refractivity contribution in [3.8, 4) is 5.75 Å². The van der Waals surface area contributed by atoms with Crippen molar-refractivity contribution in [2.75, 3.05) is 6.61 Å². The fraction of sp³-hybridized carbons (Fsp3) is 0.308. The monoisotopic (exact) mass is 500 g/mol. The Kier molecular flexibility index (Phi) is 9.65. The number of aliphatic hydroxyl groups is 1. The Morgan fingerprint density at radius 2 is 2.03 bits per heavy atom. The Hall–Kier alpha value is -2.71. The topological polar surface area (TPSA) is 106 Å². The van der Waals surface area contributed by atoms with Gasteiger partial charge in [0, 0.05) is 35.0 Å². The molecule has 1 aliphatic rings. The van der Waals surface area contributed by atoms with Crippen LogP contribution in [0.25, 0.3) is 0 Å². The van der Waals surface area contributed by atoms with Gasteiger partial charge in [-0.15, -0.1) is 0 Å². The molecule has 0 saturated carbocycles. The van der Waals surface area contributed by atoms with Crippen LogP contribution in [-0.2, 0) is 11.2 Å². The Labute approximate surface area is 208 Å². The number of hydrogen-bond acceptors (Lipinski definition) is 6. The minimum atomic E-state index is -0.453. The molecule has 2 heterocycles. The van der Waals surface area contributed by atoms with E-state index in [0.29, 0.717) is 36.5 Å². The fourth-order valence-electron chi connectivity index (χ4n) is 3.68. The molecule has 0 spiro atoms. The molecule has 0 unspecified atom stereocenters. The first kappa shape index (κ1) is 25.9. The summed E-state index contributed by atoms with van der Waals surface area (Å²) >= 11 is 7.87. The molecule has 0 bridgehead atoms. The number of rotatable bonds is 7. The van der Waals surface area contributed by atoms with Crippen LogP contribution < -0.4 is 10.5 Å². The van der Waals surface area contributed by atoms with Crippen molar-refractivity contribution in [3.63, 3.8) is 0 Å². The van der Waals surface area contributed by atoms with Gasteiger partial charge in [-0.05, 0) is 59.7 Å². The molecule has 180 valence electrons. The highest BCUT2D eigenvalue weighted by molar-refractivity contribution is 7.08. The van der Waals surface area contributed by atoms with Gasteiger partial charge in [0.15, 0.2) is 0 Å². The van der Waals surface area contributed by atoms with Gasteiger partial charge in [-0.1, -0.05) is 35.9 Å². The molecular weight excluding hydrogens is 472 g/mol. The van der Waals surface area contributed by atoms with Crippen LogP contribution in [0.1, 0.15) is 52.9 Å². The molecule has 3 atom stereocenters. The van der Waals surface area contributed by atoms with E-state index in [9.17, 15) is 9.90 Å². The summed E-state index contributed by atoms with van der Waals surface area (Å²) in [5.41, 5.74) is 8.67. The predicted molar refractivity (Wildman–Crippen MR) is 136 cm³/mol. The first-order valence-corrected chi connectivity index (χ1v) is 12.4. The molecule has 1 amide bonds. The summed E-state index contributed by atoms with van der Waals surface area (Å²) in [7, 11) is 0. The lowest BCUT2D eigenvalue weighted by Crippen LogP contribution is -2.32. The van der Waals surface area contributed by atoms with Crippen LogP contribution in [0.3, 0.4) is 0 Å². The summed E-state index contributed by atoms with van der Waals surface area (Å²) in [5.74, 6) is 0.504. The number of ether oxygens (including phenoxy) is 2. The highest BCUT2D eigenvalue weighted by Crippen LogP contribution is 2.33. The normalized spacial score (nSPS) is 19.6. The van der Waals surface area contributed by atoms with Crippen LogP contribution >= 0.6 is 22.9 Å². The molecule has 1 aromatic heterocycles. The number of benzene rings is 2. The molecule has 4 N–H and O–H groups in total. The van der Waals surface area contributed by atoms with Crippen molar-refractivity contribution in [3.05, 3.63) is 86.6 Å². The van der Waals surface area contributed by atoms with Crippen molar-refractivity contribution in [1.82, 2.24) is 0 Å². The molecular formula is C26H29ClN2O4S. The maximum Gasteiger partial charge on any atom is 0.249 e. The summed E-state index contributed by atoms with van der Waals surface area (Å²) in [6, 6.07) is 15.6. The average molecular weight is 501 g/mol. The van der Waals surface area contributed by atoms with Crippen LogP contribution in [0.15, 0.2) is 59.3 Å². The maximum absolute atomic E-state index is 10.3. The van der Waals surface area contributed by atoms with E-state index in [-0.39, 0.29) is 18.1 Å². The average Bonchev–Trinajstić information content (AvgIpc) is 3.37. The van der Waals surface area contributed by atoms with Gasteiger partial charge in [0.05, 0.1) is 24.9 Å². The predicted octanol–water partition coefficient (Wildman–Crippen LogP) is 5.41. The second kappa shape index (κ2) is 12.7. The molecule has 3 aromatic rings. The van der Waals surface area contributed by atoms with Crippen molar-refractivity contribution in [2.45, 2.75) is 44.5 Å². The first-order valence-electron chi connectivity index (χ1n) is 11.1. The van der Waals surface area contributed by atoms with Gasteiger partial charge < -0.3 is 25.7 Å². The minimum Gasteiger partial charge on any atom is -0.494 e. The van der Waals surface area contributed by atoms with E-state index in [1.54, 1.807) is 11.4 Å². The van der Waals surface area contributed by atoms with Gasteiger partial charge in [0.25, 0.3) is 0 Å². The number of aliphatic hydroxyl groups excluding tert-OH is 1. The third-order valence-corrected chi connectivity index (χ3v) is 6.44. The number of amides is 1. The molecule has 1 aliphatic heterocycles. The van der Waals surface area contributed by atoms with E-state index in [1.165, 1.54) is 17.6 Å². The molecule has 6 nitrogen and oxygen atoms in total. The summed E-state index contributed by atoms with van der Waals surface area (Å²) in [4.78, 5) is 10.3. The smallest absolute Gasteiger partial charge is 0.249 e. The highest BCUT2D eigenvalue weighted by Gasteiger charge is 2.28. The number of thiophene rings is 1. The van der Waals surface area contributed by atoms with Crippen molar-refractivity contribution < 1.29 is 19.4 Å². The van der Waals surface area contributed by atoms with Crippen LogP contribution in [0.5, 0.6) is 5.75 Å². The number of nitrogens with two attached hydrogens (primary N) is 1. The van der Waals surface area contributed by atoms with Crippen LogP contribution in [-0.4, -0.2) is 36.0 Å². The SMILES string of the molecule is CCOc1ccc(Cc2cc([C@H]3C[C@@H](O)C[C@@H](C=N)O3)ccc2Cl)cc1.NC(=O)c1ccsc1. The summed E-state index contributed by atoms with van der Waals surface area (Å²) in [6.45, 7) is 2.61. The fourth-order valence-corrected chi connectivity index (χ4v) is 4.51. The molecule has 4 rings (SSSR count). The lowest BCUT2D eigenvalue weighted by molar-refractivity contribution is -0.0682. The van der Waals surface area contributed by atoms with E-state index in [2.05, 4.69) is 0 Å². The van der Waals surface area contributed by atoms with E-state index in [4.69, 9.17) is 32.2 Å². The van der Waals surface area contributed by atoms with Gasteiger partial charge >= 0.3 is 0 Å². The zero-order chi connectivity index (χ0) is 24.5. The third-order valence-electron chi connectivity index (χ3n) is 5.39. The van der Waals surface area contributed by atoms with Crippen LogP contribution in [0.2, 0.25) is 5.02 Å². The van der Waals surface area contributed by atoms with Crippen LogP contribution in [0.4, 0.5) is 0 Å². The molecule has 8 heteroatoms. The second-order valence-corrected chi connectivity index (χ2v) is 9.12. The molecule has 34 heavy (non-hydrogen) atoms. The Morgan fingerprint density at radius 3 is 2.62 bits per heavy atom. The minimum absolute atomic E-state index is 0.221. The zero-order valence-corrected chi connectivity index (χ0v) is 20.5. The van der Waals surface area contributed by atoms with Gasteiger partial charge in [-0.25, -0.2) is 0 Å².